The topological polar surface area (TPSA) is 177 Å². The zero-order valence-corrected chi connectivity index (χ0v) is 27.9. The molecule has 0 unspecified atom stereocenters. The number of nitrogens with zero attached hydrogens (tertiary/aromatic N) is 5. The van der Waals surface area contributed by atoms with E-state index in [-0.39, 0.29) is 28.3 Å². The number of rotatable bonds is 11. The van der Waals surface area contributed by atoms with Crippen molar-refractivity contribution in [3.05, 3.63) is 127 Å². The standard InChI is InChI=1S/C36H33N9O4S/c1-44(2)18-7-12-33(46)40-27-15-13-24(14-16-27)35(47)41-29-9-6-8-28(21-29)39-32-22-31(42-36(37)43-32)26-20-25-17-19-45(34(25)38-23-26)50(48,49)30-10-4-3-5-11-30/h3-17,19-23H,18H2,1-2H3,(H,40,46)(H,41,47)(H3,37,39,42,43)/b12-7+. The van der Waals surface area contributed by atoms with Crippen LogP contribution in [0, 0.1) is 0 Å². The van der Waals surface area contributed by atoms with Gasteiger partial charge in [0.25, 0.3) is 15.9 Å². The summed E-state index contributed by atoms with van der Waals surface area (Å²) in [5.41, 5.74) is 9.58. The highest BCUT2D eigenvalue weighted by Crippen LogP contribution is 2.28. The highest BCUT2D eigenvalue weighted by Gasteiger charge is 2.20. The van der Waals surface area contributed by atoms with E-state index in [4.69, 9.17) is 5.73 Å². The molecule has 0 saturated heterocycles. The van der Waals surface area contributed by atoms with Gasteiger partial charge in [0.1, 0.15) is 5.82 Å². The number of nitrogen functional groups attached to an aromatic ring is 1. The fourth-order valence-corrected chi connectivity index (χ4v) is 6.33. The van der Waals surface area contributed by atoms with Crippen molar-refractivity contribution in [3.63, 3.8) is 0 Å². The second-order valence-electron chi connectivity index (χ2n) is 11.5. The van der Waals surface area contributed by atoms with E-state index in [0.29, 0.717) is 51.6 Å². The molecule has 252 valence electrons. The Morgan fingerprint density at radius 1 is 0.860 bits per heavy atom. The number of aromatic nitrogens is 4. The first kappa shape index (κ1) is 33.5. The van der Waals surface area contributed by atoms with Crippen LogP contribution in [-0.4, -0.2) is 64.7 Å². The number of pyridine rings is 1. The minimum atomic E-state index is -3.83. The molecule has 2 amide bonds. The molecule has 13 nitrogen and oxygen atoms in total. The van der Waals surface area contributed by atoms with E-state index in [1.165, 1.54) is 30.6 Å². The summed E-state index contributed by atoms with van der Waals surface area (Å²) in [6, 6.07) is 27.0. The quantitative estimate of drug-likeness (QED) is 0.130. The molecule has 14 heteroatoms. The van der Waals surface area contributed by atoms with E-state index in [1.54, 1.807) is 84.9 Å². The van der Waals surface area contributed by atoms with Crippen molar-refractivity contribution in [1.82, 2.24) is 23.8 Å². The Morgan fingerprint density at radius 2 is 1.62 bits per heavy atom. The van der Waals surface area contributed by atoms with Gasteiger partial charge in [-0.3, -0.25) is 9.59 Å². The molecule has 6 aromatic rings. The van der Waals surface area contributed by atoms with Crippen molar-refractivity contribution in [2.24, 2.45) is 0 Å². The Morgan fingerprint density at radius 3 is 2.38 bits per heavy atom. The summed E-state index contributed by atoms with van der Waals surface area (Å²) in [4.78, 5) is 40.3. The van der Waals surface area contributed by atoms with Gasteiger partial charge in [-0.15, -0.1) is 0 Å². The largest absolute Gasteiger partial charge is 0.368 e. The maximum Gasteiger partial charge on any atom is 0.269 e. The molecule has 3 aromatic carbocycles. The van der Waals surface area contributed by atoms with Crippen molar-refractivity contribution >= 4 is 61.7 Å². The number of nitrogens with two attached hydrogens (primary N) is 1. The maximum atomic E-state index is 13.2. The summed E-state index contributed by atoms with van der Waals surface area (Å²) in [5.74, 6) is -0.166. The Balaban J connectivity index is 1.14. The maximum absolute atomic E-state index is 13.2. The number of benzene rings is 3. The first-order chi connectivity index (χ1) is 24.0. The number of hydrogen-bond donors (Lipinski definition) is 4. The summed E-state index contributed by atoms with van der Waals surface area (Å²) < 4.78 is 27.6. The number of anilines is 5. The van der Waals surface area contributed by atoms with E-state index >= 15 is 0 Å². The lowest BCUT2D eigenvalue weighted by molar-refractivity contribution is -0.111. The smallest absolute Gasteiger partial charge is 0.269 e. The van der Waals surface area contributed by atoms with Crippen LogP contribution >= 0.6 is 0 Å². The molecule has 0 bridgehead atoms. The van der Waals surface area contributed by atoms with Crippen LogP contribution in [0.1, 0.15) is 10.4 Å². The van der Waals surface area contributed by atoms with Gasteiger partial charge in [-0.2, -0.15) is 4.98 Å². The molecule has 0 saturated carbocycles. The third-order valence-corrected chi connectivity index (χ3v) is 9.06. The zero-order valence-electron chi connectivity index (χ0n) is 27.1. The second kappa shape index (κ2) is 14.4. The summed E-state index contributed by atoms with van der Waals surface area (Å²) >= 11 is 0. The number of fused-ring (bicyclic) bond motifs is 1. The molecule has 0 aliphatic rings. The van der Waals surface area contributed by atoms with Gasteiger partial charge in [-0.1, -0.05) is 30.3 Å². The van der Waals surface area contributed by atoms with Gasteiger partial charge >= 0.3 is 0 Å². The van der Waals surface area contributed by atoms with Gasteiger partial charge < -0.3 is 26.6 Å². The number of carbonyl (C=O) groups is 2. The summed E-state index contributed by atoms with van der Waals surface area (Å²) in [6.45, 7) is 0.648. The average molecular weight is 688 g/mol. The van der Waals surface area contributed by atoms with Crippen LogP contribution in [-0.2, 0) is 14.8 Å². The minimum Gasteiger partial charge on any atom is -0.368 e. The van der Waals surface area contributed by atoms with Crippen molar-refractivity contribution < 1.29 is 18.0 Å². The lowest BCUT2D eigenvalue weighted by Crippen LogP contribution is -2.13. The zero-order chi connectivity index (χ0) is 35.3. The van der Waals surface area contributed by atoms with Crippen LogP contribution in [0.15, 0.2) is 127 Å². The second-order valence-corrected chi connectivity index (χ2v) is 13.3. The normalized spacial score (nSPS) is 11.6. The molecular formula is C36H33N9O4S. The van der Waals surface area contributed by atoms with Gasteiger partial charge in [0, 0.05) is 64.7 Å². The minimum absolute atomic E-state index is 0.0167. The van der Waals surface area contributed by atoms with E-state index in [9.17, 15) is 18.0 Å². The van der Waals surface area contributed by atoms with Crippen LogP contribution in [0.5, 0.6) is 0 Å². The molecule has 5 N–H and O–H groups in total. The third kappa shape index (κ3) is 7.84. The van der Waals surface area contributed by atoms with Crippen LogP contribution in [0.3, 0.4) is 0 Å². The summed E-state index contributed by atoms with van der Waals surface area (Å²) in [7, 11) is -0.00384. The Hall–Kier alpha value is -6.38. The van der Waals surface area contributed by atoms with Gasteiger partial charge in [-0.25, -0.2) is 22.4 Å². The van der Waals surface area contributed by atoms with Crippen molar-refractivity contribution in [2.45, 2.75) is 4.90 Å². The van der Waals surface area contributed by atoms with Crippen molar-refractivity contribution in [1.29, 1.82) is 0 Å². The van der Waals surface area contributed by atoms with Crippen molar-refractivity contribution in [3.8, 4) is 11.3 Å². The first-order valence-electron chi connectivity index (χ1n) is 15.4. The predicted molar refractivity (Wildman–Crippen MR) is 195 cm³/mol. The predicted octanol–water partition coefficient (Wildman–Crippen LogP) is 5.36. The van der Waals surface area contributed by atoms with Gasteiger partial charge in [0.05, 0.1) is 10.6 Å². The summed E-state index contributed by atoms with van der Waals surface area (Å²) in [6.07, 6.45) is 6.24. The SMILES string of the molecule is CN(C)C/C=C/C(=O)Nc1ccc(C(=O)Nc2cccc(Nc3cc(-c4cnc5c(ccn5S(=O)(=O)c5ccccc5)c4)nc(N)n3)c2)cc1. The Labute approximate surface area is 288 Å². The number of nitrogens with one attached hydrogen (secondary N) is 3. The number of amides is 2. The molecule has 0 fully saturated rings. The molecule has 0 aliphatic carbocycles. The number of likely N-dealkylation sites (N-methyl/N-ethyl adjacent to an activating group) is 1. The average Bonchev–Trinajstić information content (AvgIpc) is 3.53. The Bertz CT molecular complexity index is 2320. The van der Waals surface area contributed by atoms with E-state index < -0.39 is 10.0 Å². The molecule has 0 radical (unpaired) electrons. The lowest BCUT2D eigenvalue weighted by Gasteiger charge is -2.11. The fourth-order valence-electron chi connectivity index (χ4n) is 5.00. The third-order valence-electron chi connectivity index (χ3n) is 7.38. The van der Waals surface area contributed by atoms with Crippen LogP contribution in [0.4, 0.5) is 28.8 Å². The molecule has 0 aliphatic heterocycles. The van der Waals surface area contributed by atoms with Gasteiger partial charge in [0.15, 0.2) is 5.65 Å². The molecule has 50 heavy (non-hydrogen) atoms. The van der Waals surface area contributed by atoms with E-state index in [2.05, 4.69) is 30.9 Å². The van der Waals surface area contributed by atoms with Crippen LogP contribution in [0.2, 0.25) is 0 Å². The Kier molecular flexibility index (Phi) is 9.65. The van der Waals surface area contributed by atoms with E-state index in [1.807, 2.05) is 25.1 Å². The highest BCUT2D eigenvalue weighted by molar-refractivity contribution is 7.90. The number of hydrogen-bond acceptors (Lipinski definition) is 10. The molecule has 3 aromatic heterocycles. The first-order valence-corrected chi connectivity index (χ1v) is 16.8. The molecular weight excluding hydrogens is 655 g/mol. The monoisotopic (exact) mass is 687 g/mol. The molecule has 3 heterocycles. The van der Waals surface area contributed by atoms with Crippen LogP contribution in [0.25, 0.3) is 22.3 Å². The highest BCUT2D eigenvalue weighted by atomic mass is 32.2. The molecule has 6 rings (SSSR count). The van der Waals surface area contributed by atoms with E-state index in [0.717, 1.165) is 3.97 Å². The van der Waals surface area contributed by atoms with Crippen LogP contribution < -0.4 is 21.7 Å². The summed E-state index contributed by atoms with van der Waals surface area (Å²) in [5, 5.41) is 9.45. The fraction of sp³-hybridized carbons (Fsp3) is 0.0833. The van der Waals surface area contributed by atoms with Gasteiger partial charge in [0.2, 0.25) is 11.9 Å². The van der Waals surface area contributed by atoms with Crippen molar-refractivity contribution in [2.75, 3.05) is 42.3 Å². The number of carbonyl (C=O) groups excluding carboxylic acids is 2. The van der Waals surface area contributed by atoms with Gasteiger partial charge in [-0.05, 0) is 80.8 Å². The molecule has 0 spiro atoms. The molecule has 0 atom stereocenters. The lowest BCUT2D eigenvalue weighted by atomic mass is 10.1.